The molecule has 1 aromatic heterocycles. The Balaban J connectivity index is 0.00000121. The van der Waals surface area contributed by atoms with Crippen LogP contribution in [-0.2, 0) is 9.53 Å². The average Bonchev–Trinajstić information content (AvgIpc) is 3.07. The molecule has 2 saturated heterocycles. The van der Waals surface area contributed by atoms with Crippen molar-refractivity contribution >= 4 is 42.2 Å². The number of nitrogens with zero attached hydrogens (tertiary/aromatic N) is 2. The van der Waals surface area contributed by atoms with Crippen molar-refractivity contribution in [1.29, 1.82) is 0 Å². The summed E-state index contributed by atoms with van der Waals surface area (Å²) in [6, 6.07) is 4.38. The summed E-state index contributed by atoms with van der Waals surface area (Å²) in [5.41, 5.74) is 1.08. The van der Waals surface area contributed by atoms with Crippen molar-refractivity contribution in [3.63, 3.8) is 0 Å². The zero-order chi connectivity index (χ0) is 16.4. The number of pyridine rings is 1. The van der Waals surface area contributed by atoms with Crippen LogP contribution < -0.4 is 15.5 Å². The fourth-order valence-corrected chi connectivity index (χ4v) is 4.20. The minimum atomic E-state index is -0.0705. The number of anilines is 2. The van der Waals surface area contributed by atoms with Gasteiger partial charge in [-0.05, 0) is 37.3 Å². The molecule has 3 aliphatic rings. The zero-order valence-electron chi connectivity index (χ0n) is 14.9. The quantitative estimate of drug-likeness (QED) is 0.812. The first kappa shape index (κ1) is 21.2. The average molecular weight is 403 g/mol. The van der Waals surface area contributed by atoms with E-state index in [1.54, 1.807) is 0 Å². The van der Waals surface area contributed by atoms with Crippen LogP contribution in [0.3, 0.4) is 0 Å². The SMILES string of the molecule is Cl.Cl.O=C(Nc1ccc(N2CCOCC2)cn1)C1CC2CCCCC2N1. The molecule has 1 amide bonds. The Labute approximate surface area is 167 Å². The number of carbonyl (C=O) groups excluding carboxylic acids is 1. The number of rotatable bonds is 3. The summed E-state index contributed by atoms with van der Waals surface area (Å²) < 4.78 is 5.37. The number of aromatic nitrogens is 1. The molecular formula is C18H28Cl2N4O2. The smallest absolute Gasteiger partial charge is 0.242 e. The molecule has 3 atom stereocenters. The molecule has 1 aromatic rings. The van der Waals surface area contributed by atoms with Gasteiger partial charge in [0.1, 0.15) is 5.82 Å². The van der Waals surface area contributed by atoms with Crippen molar-refractivity contribution in [2.75, 3.05) is 36.5 Å². The summed E-state index contributed by atoms with van der Waals surface area (Å²) in [6.07, 6.45) is 7.86. The number of ether oxygens (including phenoxy) is 1. The predicted octanol–water partition coefficient (Wildman–Crippen LogP) is 2.62. The maximum absolute atomic E-state index is 12.5. The largest absolute Gasteiger partial charge is 0.378 e. The van der Waals surface area contributed by atoms with E-state index in [0.717, 1.165) is 38.4 Å². The number of nitrogens with one attached hydrogen (secondary N) is 2. The highest BCUT2D eigenvalue weighted by Gasteiger charge is 2.38. The van der Waals surface area contributed by atoms with Crippen molar-refractivity contribution in [3.8, 4) is 0 Å². The molecule has 3 unspecified atom stereocenters. The molecule has 0 radical (unpaired) electrons. The van der Waals surface area contributed by atoms with Gasteiger partial charge in [-0.1, -0.05) is 12.8 Å². The Bertz CT molecular complexity index is 567. The number of amides is 1. The predicted molar refractivity (Wildman–Crippen MR) is 108 cm³/mol. The minimum Gasteiger partial charge on any atom is -0.378 e. The van der Waals surface area contributed by atoms with E-state index in [9.17, 15) is 4.79 Å². The zero-order valence-corrected chi connectivity index (χ0v) is 16.5. The molecule has 146 valence electrons. The van der Waals surface area contributed by atoms with Crippen LogP contribution in [0.2, 0.25) is 0 Å². The van der Waals surface area contributed by atoms with E-state index in [-0.39, 0.29) is 36.8 Å². The summed E-state index contributed by atoms with van der Waals surface area (Å²) in [5, 5.41) is 6.48. The first-order chi connectivity index (χ1) is 11.8. The van der Waals surface area contributed by atoms with Crippen molar-refractivity contribution in [2.24, 2.45) is 5.92 Å². The monoisotopic (exact) mass is 402 g/mol. The van der Waals surface area contributed by atoms with Crippen LogP contribution >= 0.6 is 24.8 Å². The summed E-state index contributed by atoms with van der Waals surface area (Å²) >= 11 is 0. The number of halogens is 2. The normalized spacial score (nSPS) is 27.7. The third-order valence-electron chi connectivity index (χ3n) is 5.55. The highest BCUT2D eigenvalue weighted by molar-refractivity contribution is 5.94. The molecule has 2 N–H and O–H groups in total. The number of fused-ring (bicyclic) bond motifs is 1. The molecule has 6 nitrogen and oxygen atoms in total. The maximum atomic E-state index is 12.5. The standard InChI is InChI=1S/C18H26N4O2.2ClH/c23-18(16-11-13-3-1-2-4-15(13)20-16)21-17-6-5-14(12-19-17)22-7-9-24-10-8-22;;/h5-6,12-13,15-16,20H,1-4,7-11H2,(H,19,21,23);2*1H. The molecule has 1 saturated carbocycles. The molecule has 2 aliphatic heterocycles. The van der Waals surface area contributed by atoms with E-state index in [2.05, 4.69) is 20.5 Å². The van der Waals surface area contributed by atoms with E-state index in [4.69, 9.17) is 4.74 Å². The second-order valence-corrected chi connectivity index (χ2v) is 7.10. The van der Waals surface area contributed by atoms with Gasteiger partial charge in [-0.25, -0.2) is 4.98 Å². The van der Waals surface area contributed by atoms with Crippen LogP contribution in [-0.4, -0.2) is 49.3 Å². The van der Waals surface area contributed by atoms with Gasteiger partial charge in [0.15, 0.2) is 0 Å². The van der Waals surface area contributed by atoms with Crippen molar-refractivity contribution in [2.45, 2.75) is 44.2 Å². The molecule has 0 aromatic carbocycles. The Morgan fingerprint density at radius 2 is 1.96 bits per heavy atom. The van der Waals surface area contributed by atoms with E-state index in [1.807, 2.05) is 18.3 Å². The van der Waals surface area contributed by atoms with Crippen LogP contribution in [0.1, 0.15) is 32.1 Å². The second kappa shape index (κ2) is 9.74. The Hall–Kier alpha value is -1.08. The first-order valence-electron chi connectivity index (χ1n) is 9.15. The van der Waals surface area contributed by atoms with Crippen LogP contribution in [0.15, 0.2) is 18.3 Å². The minimum absolute atomic E-state index is 0. The molecular weight excluding hydrogens is 375 g/mol. The number of hydrogen-bond acceptors (Lipinski definition) is 5. The van der Waals surface area contributed by atoms with E-state index >= 15 is 0 Å². The van der Waals surface area contributed by atoms with Gasteiger partial charge in [-0.3, -0.25) is 4.79 Å². The molecule has 0 spiro atoms. The van der Waals surface area contributed by atoms with Crippen molar-refractivity contribution in [1.82, 2.24) is 10.3 Å². The highest BCUT2D eigenvalue weighted by atomic mass is 35.5. The molecule has 0 bridgehead atoms. The van der Waals surface area contributed by atoms with Crippen LogP contribution in [0.5, 0.6) is 0 Å². The third kappa shape index (κ3) is 4.80. The van der Waals surface area contributed by atoms with Gasteiger partial charge >= 0.3 is 0 Å². The lowest BCUT2D eigenvalue weighted by Crippen LogP contribution is -2.40. The summed E-state index contributed by atoms with van der Waals surface area (Å²) in [6.45, 7) is 3.30. The van der Waals surface area contributed by atoms with E-state index in [0.29, 0.717) is 17.8 Å². The summed E-state index contributed by atoms with van der Waals surface area (Å²) in [7, 11) is 0. The summed E-state index contributed by atoms with van der Waals surface area (Å²) in [4.78, 5) is 19.2. The van der Waals surface area contributed by atoms with E-state index < -0.39 is 0 Å². The third-order valence-corrected chi connectivity index (χ3v) is 5.55. The number of hydrogen-bond donors (Lipinski definition) is 2. The molecule has 26 heavy (non-hydrogen) atoms. The lowest BCUT2D eigenvalue weighted by molar-refractivity contribution is -0.117. The Kier molecular flexibility index (Phi) is 7.95. The molecule has 4 rings (SSSR count). The van der Waals surface area contributed by atoms with E-state index in [1.165, 1.54) is 25.7 Å². The Morgan fingerprint density at radius 1 is 1.19 bits per heavy atom. The molecule has 1 aliphatic carbocycles. The second-order valence-electron chi connectivity index (χ2n) is 7.10. The van der Waals surface area contributed by atoms with Gasteiger partial charge in [0, 0.05) is 19.1 Å². The van der Waals surface area contributed by atoms with Crippen molar-refractivity contribution < 1.29 is 9.53 Å². The molecule has 3 heterocycles. The fraction of sp³-hybridized carbons (Fsp3) is 0.667. The maximum Gasteiger partial charge on any atom is 0.242 e. The Morgan fingerprint density at radius 3 is 2.65 bits per heavy atom. The van der Waals surface area contributed by atoms with Crippen molar-refractivity contribution in [3.05, 3.63) is 18.3 Å². The van der Waals surface area contributed by atoms with Crippen LogP contribution in [0.25, 0.3) is 0 Å². The van der Waals surface area contributed by atoms with Gasteiger partial charge in [-0.2, -0.15) is 0 Å². The topological polar surface area (TPSA) is 66.5 Å². The highest BCUT2D eigenvalue weighted by Crippen LogP contribution is 2.33. The number of morpholine rings is 1. The number of carbonyl (C=O) groups is 1. The lowest BCUT2D eigenvalue weighted by atomic mass is 9.85. The van der Waals surface area contributed by atoms with Crippen LogP contribution in [0.4, 0.5) is 11.5 Å². The first-order valence-corrected chi connectivity index (χ1v) is 9.15. The fourth-order valence-electron chi connectivity index (χ4n) is 4.20. The van der Waals surface area contributed by atoms with Gasteiger partial charge in [0.2, 0.25) is 5.91 Å². The lowest BCUT2D eigenvalue weighted by Gasteiger charge is -2.28. The van der Waals surface area contributed by atoms with Gasteiger partial charge in [0.25, 0.3) is 0 Å². The van der Waals surface area contributed by atoms with Gasteiger partial charge in [0.05, 0.1) is 31.1 Å². The molecule has 3 fully saturated rings. The van der Waals surface area contributed by atoms with Gasteiger partial charge < -0.3 is 20.3 Å². The van der Waals surface area contributed by atoms with Crippen LogP contribution in [0, 0.1) is 5.92 Å². The molecule has 8 heteroatoms. The summed E-state index contributed by atoms with van der Waals surface area (Å²) in [5.74, 6) is 1.36. The van der Waals surface area contributed by atoms with Gasteiger partial charge in [-0.15, -0.1) is 24.8 Å².